The van der Waals surface area contributed by atoms with E-state index in [-0.39, 0.29) is 11.4 Å². The maximum atomic E-state index is 13.1. The second-order valence-corrected chi connectivity index (χ2v) is 3.51. The first-order valence-electron chi connectivity index (χ1n) is 4.82. The van der Waals surface area contributed by atoms with Gasteiger partial charge in [0, 0.05) is 6.20 Å². The van der Waals surface area contributed by atoms with Gasteiger partial charge >= 0.3 is 0 Å². The summed E-state index contributed by atoms with van der Waals surface area (Å²) < 4.78 is 14.7. The molecule has 3 nitrogen and oxygen atoms in total. The molecule has 0 aliphatic rings. The van der Waals surface area contributed by atoms with Gasteiger partial charge in [0.05, 0.1) is 10.9 Å². The molecule has 0 fully saturated rings. The summed E-state index contributed by atoms with van der Waals surface area (Å²) in [4.78, 5) is 15.5. The lowest BCUT2D eigenvalue weighted by molar-refractivity contribution is 0.619. The fourth-order valence-electron chi connectivity index (χ4n) is 1.78. The first kappa shape index (κ1) is 9.03. The molecule has 0 amide bonds. The fraction of sp³-hybridized carbons (Fsp3) is 0. The van der Waals surface area contributed by atoms with Gasteiger partial charge in [-0.2, -0.15) is 4.98 Å². The van der Waals surface area contributed by atoms with Crippen LogP contribution in [0.1, 0.15) is 0 Å². The van der Waals surface area contributed by atoms with Crippen LogP contribution in [0, 0.1) is 5.82 Å². The first-order valence-corrected chi connectivity index (χ1v) is 4.82. The largest absolute Gasteiger partial charge is 0.298 e. The Labute approximate surface area is 89.8 Å². The number of pyridine rings is 1. The van der Waals surface area contributed by atoms with Crippen LogP contribution in [0.2, 0.25) is 0 Å². The monoisotopic (exact) mass is 214 g/mol. The highest BCUT2D eigenvalue weighted by Crippen LogP contribution is 2.11. The minimum atomic E-state index is -0.358. The summed E-state index contributed by atoms with van der Waals surface area (Å²) in [7, 11) is 0. The van der Waals surface area contributed by atoms with Crippen LogP contribution < -0.4 is 5.56 Å². The van der Waals surface area contributed by atoms with Gasteiger partial charge in [-0.15, -0.1) is 0 Å². The van der Waals surface area contributed by atoms with Crippen molar-refractivity contribution in [1.29, 1.82) is 0 Å². The van der Waals surface area contributed by atoms with Crippen LogP contribution in [0.3, 0.4) is 0 Å². The fourth-order valence-corrected chi connectivity index (χ4v) is 1.78. The summed E-state index contributed by atoms with van der Waals surface area (Å²) in [5, 5.41) is 0.491. The summed E-state index contributed by atoms with van der Waals surface area (Å²) in [5.41, 5.74) is 0.823. The molecular formula is C12H7FN2O. The molecule has 0 N–H and O–H groups in total. The number of nitrogens with zero attached hydrogens (tertiary/aromatic N) is 2. The van der Waals surface area contributed by atoms with Crippen LogP contribution >= 0.6 is 0 Å². The van der Waals surface area contributed by atoms with Crippen LogP contribution in [-0.2, 0) is 0 Å². The molecule has 0 spiro atoms. The number of hydrogen-bond acceptors (Lipinski definition) is 2. The van der Waals surface area contributed by atoms with Crippen molar-refractivity contribution in [3.8, 4) is 0 Å². The second-order valence-electron chi connectivity index (χ2n) is 3.51. The van der Waals surface area contributed by atoms with Crippen molar-refractivity contribution >= 4 is 16.6 Å². The van der Waals surface area contributed by atoms with Gasteiger partial charge in [0.2, 0.25) is 0 Å². The zero-order valence-corrected chi connectivity index (χ0v) is 8.22. The Hall–Kier alpha value is -2.23. The topological polar surface area (TPSA) is 34.4 Å². The van der Waals surface area contributed by atoms with E-state index in [2.05, 4.69) is 4.98 Å². The molecule has 0 radical (unpaired) electrons. The van der Waals surface area contributed by atoms with E-state index in [4.69, 9.17) is 0 Å². The zero-order valence-electron chi connectivity index (χ0n) is 8.22. The number of para-hydroxylation sites is 1. The molecule has 0 bridgehead atoms. The molecular weight excluding hydrogens is 207 g/mol. The lowest BCUT2D eigenvalue weighted by atomic mass is 10.2. The molecule has 3 aromatic rings. The predicted molar refractivity (Wildman–Crippen MR) is 58.9 cm³/mol. The van der Waals surface area contributed by atoms with E-state index >= 15 is 0 Å². The number of aromatic nitrogens is 2. The molecule has 16 heavy (non-hydrogen) atoms. The Morgan fingerprint density at radius 3 is 2.81 bits per heavy atom. The molecule has 0 aliphatic heterocycles. The standard InChI is InChI=1S/C12H7FN2O/c13-8-5-6-11-14-12(16)9-3-1-2-4-10(9)15(11)7-8/h1-7H. The van der Waals surface area contributed by atoms with Crippen molar-refractivity contribution in [1.82, 2.24) is 9.38 Å². The summed E-state index contributed by atoms with van der Waals surface area (Å²) in [6.07, 6.45) is 1.32. The van der Waals surface area contributed by atoms with Crippen LogP contribution in [0.15, 0.2) is 47.4 Å². The number of hydrogen-bond donors (Lipinski definition) is 0. The van der Waals surface area contributed by atoms with E-state index in [1.807, 2.05) is 0 Å². The molecule has 0 atom stereocenters. The quantitative estimate of drug-likeness (QED) is 0.536. The molecule has 2 heterocycles. The van der Waals surface area contributed by atoms with Gasteiger partial charge in [-0.05, 0) is 24.3 Å². The van der Waals surface area contributed by atoms with Crippen LogP contribution in [0.25, 0.3) is 16.6 Å². The molecule has 3 rings (SSSR count). The van der Waals surface area contributed by atoms with Crippen molar-refractivity contribution < 1.29 is 4.39 Å². The lowest BCUT2D eigenvalue weighted by Gasteiger charge is -2.04. The normalized spacial score (nSPS) is 11.1. The lowest BCUT2D eigenvalue weighted by Crippen LogP contribution is -2.10. The number of benzene rings is 1. The third-order valence-corrected chi connectivity index (χ3v) is 2.50. The average Bonchev–Trinajstić information content (AvgIpc) is 2.31. The Bertz CT molecular complexity index is 749. The third kappa shape index (κ3) is 1.20. The first-order chi connectivity index (χ1) is 7.75. The van der Waals surface area contributed by atoms with Crippen molar-refractivity contribution in [2.75, 3.05) is 0 Å². The highest BCUT2D eigenvalue weighted by atomic mass is 19.1. The zero-order chi connectivity index (χ0) is 11.1. The maximum Gasteiger partial charge on any atom is 0.281 e. The van der Waals surface area contributed by atoms with Crippen LogP contribution in [-0.4, -0.2) is 9.38 Å². The van der Waals surface area contributed by atoms with Crippen molar-refractivity contribution in [3.63, 3.8) is 0 Å². The summed E-state index contributed by atoms with van der Waals surface area (Å²) >= 11 is 0. The van der Waals surface area contributed by atoms with Gasteiger partial charge in [0.15, 0.2) is 0 Å². The Kier molecular flexibility index (Phi) is 1.77. The maximum absolute atomic E-state index is 13.1. The minimum Gasteiger partial charge on any atom is -0.298 e. The number of rotatable bonds is 0. The van der Waals surface area contributed by atoms with Gasteiger partial charge in [0.25, 0.3) is 5.56 Å². The Morgan fingerprint density at radius 2 is 1.94 bits per heavy atom. The molecule has 1 aromatic carbocycles. The van der Waals surface area contributed by atoms with Crippen LogP contribution in [0.4, 0.5) is 4.39 Å². The van der Waals surface area contributed by atoms with E-state index in [0.717, 1.165) is 0 Å². The SMILES string of the molecule is O=c1nc2ccc(F)cn2c2ccccc12. The molecule has 2 aromatic heterocycles. The van der Waals surface area contributed by atoms with Crippen LogP contribution in [0.5, 0.6) is 0 Å². The summed E-state index contributed by atoms with van der Waals surface area (Å²) in [5.74, 6) is -0.358. The van der Waals surface area contributed by atoms with Crippen molar-refractivity contribution in [2.45, 2.75) is 0 Å². The van der Waals surface area contributed by atoms with E-state index < -0.39 is 0 Å². The number of fused-ring (bicyclic) bond motifs is 3. The van der Waals surface area contributed by atoms with Gasteiger partial charge in [-0.3, -0.25) is 9.20 Å². The smallest absolute Gasteiger partial charge is 0.281 e. The van der Waals surface area contributed by atoms with E-state index in [0.29, 0.717) is 16.6 Å². The van der Waals surface area contributed by atoms with Gasteiger partial charge in [0.1, 0.15) is 11.5 Å². The summed E-state index contributed by atoms with van der Waals surface area (Å²) in [6, 6.07) is 9.79. The molecule has 0 aliphatic carbocycles. The van der Waals surface area contributed by atoms with Crippen molar-refractivity contribution in [3.05, 3.63) is 58.8 Å². The molecule has 0 unspecified atom stereocenters. The van der Waals surface area contributed by atoms with Crippen molar-refractivity contribution in [2.24, 2.45) is 0 Å². The van der Waals surface area contributed by atoms with Gasteiger partial charge in [-0.1, -0.05) is 12.1 Å². The third-order valence-electron chi connectivity index (χ3n) is 2.50. The van der Waals surface area contributed by atoms with Gasteiger partial charge < -0.3 is 0 Å². The number of halogens is 1. The minimum absolute atomic E-state index is 0.290. The molecule has 4 heteroatoms. The highest BCUT2D eigenvalue weighted by molar-refractivity contribution is 5.80. The molecule has 0 saturated heterocycles. The van der Waals surface area contributed by atoms with E-state index in [9.17, 15) is 9.18 Å². The van der Waals surface area contributed by atoms with E-state index in [1.54, 1.807) is 28.7 Å². The molecule has 78 valence electrons. The van der Waals surface area contributed by atoms with Gasteiger partial charge in [-0.25, -0.2) is 4.39 Å². The Morgan fingerprint density at radius 1 is 1.12 bits per heavy atom. The Balaban J connectivity index is 2.66. The highest BCUT2D eigenvalue weighted by Gasteiger charge is 2.04. The predicted octanol–water partition coefficient (Wildman–Crippen LogP) is 1.99. The average molecular weight is 214 g/mol. The second kappa shape index (κ2) is 3.13. The summed E-state index contributed by atoms with van der Waals surface area (Å²) in [6.45, 7) is 0. The van der Waals surface area contributed by atoms with E-state index in [1.165, 1.54) is 18.3 Å². The molecule has 0 saturated carbocycles.